The summed E-state index contributed by atoms with van der Waals surface area (Å²) in [6, 6.07) is 16.7. The molecule has 4 aromatic rings. The van der Waals surface area contributed by atoms with Crippen LogP contribution in [-0.2, 0) is 0 Å². The number of hydrogen-bond acceptors (Lipinski definition) is 4. The number of hydrogen-bond donors (Lipinski definition) is 3. The van der Waals surface area contributed by atoms with Crippen molar-refractivity contribution in [3.8, 4) is 28.6 Å². The number of imidazole rings is 2. The molecule has 0 saturated heterocycles. The van der Waals surface area contributed by atoms with Crippen LogP contribution in [0, 0.1) is 11.3 Å². The van der Waals surface area contributed by atoms with Crippen LogP contribution in [0.5, 0.6) is 0 Å². The quantitative estimate of drug-likeness (QED) is 0.521. The molecular formula is C20H16N6O. The molecule has 7 nitrogen and oxygen atoms in total. The van der Waals surface area contributed by atoms with Crippen LogP contribution >= 0.6 is 0 Å². The monoisotopic (exact) mass is 356 g/mol. The Hall–Kier alpha value is -4.18. The van der Waals surface area contributed by atoms with Gasteiger partial charge in [0, 0.05) is 16.7 Å². The molecule has 0 bridgehead atoms. The van der Waals surface area contributed by atoms with E-state index in [2.05, 4.69) is 26.0 Å². The molecule has 0 atom stereocenters. The molecule has 2 aromatic carbocycles. The van der Waals surface area contributed by atoms with E-state index in [4.69, 9.17) is 11.0 Å². The topological polar surface area (TPSA) is 124 Å². The maximum absolute atomic E-state index is 11.1. The number of nitriles is 1. The van der Waals surface area contributed by atoms with Gasteiger partial charge in [-0.25, -0.2) is 9.97 Å². The Morgan fingerprint density at radius 2 is 1.44 bits per heavy atom. The predicted octanol–water partition coefficient (Wildman–Crippen LogP) is 3.12. The fourth-order valence-electron chi connectivity index (χ4n) is 2.55. The molecular weight excluding hydrogens is 340 g/mol. The van der Waals surface area contributed by atoms with Crippen molar-refractivity contribution in [2.45, 2.75) is 0 Å². The van der Waals surface area contributed by atoms with Gasteiger partial charge in [-0.15, -0.1) is 0 Å². The minimum Gasteiger partial charge on any atom is -0.366 e. The highest BCUT2D eigenvalue weighted by Crippen LogP contribution is 2.20. The van der Waals surface area contributed by atoms with E-state index in [-0.39, 0.29) is 0 Å². The third-order valence-corrected chi connectivity index (χ3v) is 3.82. The van der Waals surface area contributed by atoms with E-state index >= 15 is 0 Å². The highest BCUT2D eigenvalue weighted by atomic mass is 16.1. The zero-order valence-electron chi connectivity index (χ0n) is 14.3. The summed E-state index contributed by atoms with van der Waals surface area (Å²) in [6.45, 7) is 0. The van der Waals surface area contributed by atoms with E-state index in [1.807, 2.05) is 30.3 Å². The van der Waals surface area contributed by atoms with Crippen molar-refractivity contribution in [1.29, 1.82) is 5.26 Å². The van der Waals surface area contributed by atoms with E-state index in [1.54, 1.807) is 43.2 Å². The minimum atomic E-state index is -0.435. The first-order chi connectivity index (χ1) is 13.2. The lowest BCUT2D eigenvalue weighted by Gasteiger charge is -2.02. The Kier molecular flexibility index (Phi) is 5.40. The highest BCUT2D eigenvalue weighted by molar-refractivity contribution is 5.99. The van der Waals surface area contributed by atoms with Crippen molar-refractivity contribution < 1.29 is 4.79 Å². The van der Waals surface area contributed by atoms with Gasteiger partial charge >= 0.3 is 0 Å². The van der Waals surface area contributed by atoms with E-state index < -0.39 is 5.91 Å². The van der Waals surface area contributed by atoms with E-state index in [0.717, 1.165) is 22.5 Å². The highest BCUT2D eigenvalue weighted by Gasteiger charge is 2.09. The lowest BCUT2D eigenvalue weighted by atomic mass is 10.1. The first-order valence-corrected chi connectivity index (χ1v) is 8.06. The Balaban J connectivity index is 0.000000156. The molecule has 7 heteroatoms. The first kappa shape index (κ1) is 17.6. The molecule has 0 aliphatic carbocycles. The van der Waals surface area contributed by atoms with Gasteiger partial charge in [-0.05, 0) is 12.1 Å². The summed E-state index contributed by atoms with van der Waals surface area (Å²) in [5.41, 5.74) is 9.73. The molecule has 0 aliphatic heterocycles. The maximum Gasteiger partial charge on any atom is 0.249 e. The van der Waals surface area contributed by atoms with Crippen molar-refractivity contribution >= 4 is 5.91 Å². The molecule has 4 N–H and O–H groups in total. The van der Waals surface area contributed by atoms with Crippen LogP contribution in [0.15, 0.2) is 73.6 Å². The van der Waals surface area contributed by atoms with Crippen molar-refractivity contribution in [2.24, 2.45) is 5.73 Å². The average molecular weight is 356 g/mol. The van der Waals surface area contributed by atoms with E-state index in [1.165, 1.54) is 0 Å². The van der Waals surface area contributed by atoms with Gasteiger partial charge in [0.2, 0.25) is 5.91 Å². The Bertz CT molecular complexity index is 1060. The predicted molar refractivity (Wildman–Crippen MR) is 101 cm³/mol. The second kappa shape index (κ2) is 8.27. The van der Waals surface area contributed by atoms with Crippen LogP contribution in [0.4, 0.5) is 0 Å². The fraction of sp³-hybridized carbons (Fsp3) is 0. The molecule has 0 radical (unpaired) electrons. The van der Waals surface area contributed by atoms with Gasteiger partial charge in [0.15, 0.2) is 0 Å². The van der Waals surface area contributed by atoms with Crippen molar-refractivity contribution in [3.63, 3.8) is 0 Å². The molecule has 2 heterocycles. The second-order valence-corrected chi connectivity index (χ2v) is 5.50. The number of aromatic amines is 2. The zero-order chi connectivity index (χ0) is 19.1. The molecule has 0 fully saturated rings. The summed E-state index contributed by atoms with van der Waals surface area (Å²) in [4.78, 5) is 24.8. The number of nitrogens with two attached hydrogens (primary N) is 1. The molecule has 0 aliphatic rings. The largest absolute Gasteiger partial charge is 0.366 e. The molecule has 132 valence electrons. The molecule has 27 heavy (non-hydrogen) atoms. The third kappa shape index (κ3) is 4.08. The lowest BCUT2D eigenvalue weighted by molar-refractivity contribution is 0.100. The summed E-state index contributed by atoms with van der Waals surface area (Å²) in [7, 11) is 0. The van der Waals surface area contributed by atoms with Crippen molar-refractivity contribution in [1.82, 2.24) is 19.9 Å². The van der Waals surface area contributed by atoms with Crippen molar-refractivity contribution in [3.05, 3.63) is 84.7 Å². The normalized spacial score (nSPS) is 9.74. The number of amides is 1. The van der Waals surface area contributed by atoms with Crippen molar-refractivity contribution in [2.75, 3.05) is 0 Å². The van der Waals surface area contributed by atoms with Crippen LogP contribution in [0.3, 0.4) is 0 Å². The molecule has 0 unspecified atom stereocenters. The minimum absolute atomic E-state index is 0.435. The number of H-pyrrole nitrogens is 2. The standard InChI is InChI=1S/C10H9N3O.C10H7N3/c11-10(14)8-4-2-1-3-7(8)9-5-12-6-13-9;11-5-8-3-1-2-4-9(8)10-6-12-7-13-10/h1-6H,(H2,11,14)(H,12,13);1-4,6-7H,(H,12,13). The summed E-state index contributed by atoms with van der Waals surface area (Å²) >= 11 is 0. The number of primary amides is 1. The van der Waals surface area contributed by atoms with Crippen LogP contribution in [0.2, 0.25) is 0 Å². The smallest absolute Gasteiger partial charge is 0.249 e. The van der Waals surface area contributed by atoms with Gasteiger partial charge in [0.05, 0.1) is 48.1 Å². The molecule has 1 amide bonds. The number of carbonyl (C=O) groups excluding carboxylic acids is 1. The lowest BCUT2D eigenvalue weighted by Crippen LogP contribution is -2.12. The molecule has 2 aromatic heterocycles. The summed E-state index contributed by atoms with van der Waals surface area (Å²) in [6.07, 6.45) is 6.52. The fourth-order valence-corrected chi connectivity index (χ4v) is 2.55. The number of carbonyl (C=O) groups is 1. The van der Waals surface area contributed by atoms with Gasteiger partial charge in [0.1, 0.15) is 0 Å². The third-order valence-electron chi connectivity index (χ3n) is 3.82. The number of rotatable bonds is 3. The Morgan fingerprint density at radius 3 is 2.00 bits per heavy atom. The number of aromatic nitrogens is 4. The Labute approximate surface area is 155 Å². The van der Waals surface area contributed by atoms with Gasteiger partial charge in [-0.2, -0.15) is 5.26 Å². The second-order valence-electron chi connectivity index (χ2n) is 5.50. The Morgan fingerprint density at radius 1 is 0.889 bits per heavy atom. The zero-order valence-corrected chi connectivity index (χ0v) is 14.3. The first-order valence-electron chi connectivity index (χ1n) is 8.06. The number of nitrogens with one attached hydrogen (secondary N) is 2. The van der Waals surface area contributed by atoms with Crippen LogP contribution in [0.25, 0.3) is 22.5 Å². The average Bonchev–Trinajstić information content (AvgIpc) is 3.42. The summed E-state index contributed by atoms with van der Waals surface area (Å²) in [5, 5.41) is 8.83. The van der Waals surface area contributed by atoms with Gasteiger partial charge < -0.3 is 15.7 Å². The summed E-state index contributed by atoms with van der Waals surface area (Å²) < 4.78 is 0. The SMILES string of the molecule is N#Cc1ccccc1-c1cnc[nH]1.NC(=O)c1ccccc1-c1cnc[nH]1. The number of nitrogens with zero attached hydrogens (tertiary/aromatic N) is 3. The van der Waals surface area contributed by atoms with Crippen LogP contribution in [-0.4, -0.2) is 25.8 Å². The maximum atomic E-state index is 11.1. The van der Waals surface area contributed by atoms with Gasteiger partial charge in [-0.3, -0.25) is 4.79 Å². The van der Waals surface area contributed by atoms with Gasteiger partial charge in [-0.1, -0.05) is 36.4 Å². The number of benzene rings is 2. The van der Waals surface area contributed by atoms with E-state index in [0.29, 0.717) is 11.1 Å². The van der Waals surface area contributed by atoms with Gasteiger partial charge in [0.25, 0.3) is 0 Å². The van der Waals surface area contributed by atoms with Crippen LogP contribution in [0.1, 0.15) is 15.9 Å². The molecule has 0 saturated carbocycles. The molecule has 4 rings (SSSR count). The van der Waals surface area contributed by atoms with Crippen LogP contribution < -0.4 is 5.73 Å². The van der Waals surface area contributed by atoms with E-state index in [9.17, 15) is 4.79 Å². The summed E-state index contributed by atoms with van der Waals surface area (Å²) in [5.74, 6) is -0.435. The molecule has 0 spiro atoms.